The van der Waals surface area contributed by atoms with E-state index in [0.29, 0.717) is 5.56 Å². The Kier molecular flexibility index (Phi) is 4.94. The molecule has 0 aliphatic carbocycles. The quantitative estimate of drug-likeness (QED) is 0.577. The average Bonchev–Trinajstić information content (AvgIpc) is 2.65. The van der Waals surface area contributed by atoms with Crippen LogP contribution in [0.1, 0.15) is 15.9 Å². The van der Waals surface area contributed by atoms with Crippen molar-refractivity contribution in [3.63, 3.8) is 0 Å². The minimum Gasteiger partial charge on any atom is -0.457 e. The van der Waals surface area contributed by atoms with Gasteiger partial charge in [0.1, 0.15) is 11.5 Å². The number of amides is 1. The molecule has 0 aliphatic rings. The number of nitrogens with one attached hydrogen (secondary N) is 1. The molecule has 24 heavy (non-hydrogen) atoms. The number of benzene rings is 2. The molecule has 1 amide bonds. The van der Waals surface area contributed by atoms with Crippen molar-refractivity contribution in [2.45, 2.75) is 0 Å². The van der Waals surface area contributed by atoms with Gasteiger partial charge in [-0.25, -0.2) is 5.43 Å². The van der Waals surface area contributed by atoms with Crippen molar-refractivity contribution < 1.29 is 9.53 Å². The van der Waals surface area contributed by atoms with E-state index in [4.69, 9.17) is 4.74 Å². The maximum Gasteiger partial charge on any atom is 0.272 e. The van der Waals surface area contributed by atoms with Gasteiger partial charge >= 0.3 is 0 Å². The molecule has 0 spiro atoms. The van der Waals surface area contributed by atoms with Gasteiger partial charge in [-0.15, -0.1) is 0 Å². The van der Waals surface area contributed by atoms with E-state index in [2.05, 4.69) is 15.5 Å². The number of ether oxygens (including phenoxy) is 1. The summed E-state index contributed by atoms with van der Waals surface area (Å²) in [7, 11) is 0. The van der Waals surface area contributed by atoms with Gasteiger partial charge in [-0.3, -0.25) is 9.78 Å². The van der Waals surface area contributed by atoms with Gasteiger partial charge in [0.25, 0.3) is 5.91 Å². The highest BCUT2D eigenvalue weighted by Crippen LogP contribution is 2.20. The monoisotopic (exact) mass is 317 g/mol. The minimum absolute atomic E-state index is 0.302. The highest BCUT2D eigenvalue weighted by Gasteiger charge is 2.02. The summed E-state index contributed by atoms with van der Waals surface area (Å²) in [6.07, 6.45) is 4.67. The molecule has 0 aliphatic heterocycles. The molecule has 1 heterocycles. The van der Waals surface area contributed by atoms with Crippen molar-refractivity contribution in [2.24, 2.45) is 5.10 Å². The molecule has 3 rings (SSSR count). The van der Waals surface area contributed by atoms with Crippen LogP contribution < -0.4 is 10.2 Å². The Balaban J connectivity index is 1.57. The maximum absolute atomic E-state index is 11.8. The van der Waals surface area contributed by atoms with Crippen molar-refractivity contribution in [1.29, 1.82) is 0 Å². The lowest BCUT2D eigenvalue weighted by molar-refractivity contribution is 0.0955. The van der Waals surface area contributed by atoms with Gasteiger partial charge in [0, 0.05) is 12.4 Å². The maximum atomic E-state index is 11.8. The zero-order valence-electron chi connectivity index (χ0n) is 12.8. The molecule has 0 saturated heterocycles. The van der Waals surface area contributed by atoms with E-state index in [1.54, 1.807) is 24.5 Å². The first-order valence-corrected chi connectivity index (χ1v) is 7.38. The summed E-state index contributed by atoms with van der Waals surface area (Å²) in [4.78, 5) is 15.7. The van der Waals surface area contributed by atoms with E-state index in [1.165, 1.54) is 6.20 Å². The van der Waals surface area contributed by atoms with Gasteiger partial charge < -0.3 is 4.74 Å². The van der Waals surface area contributed by atoms with Crippen LogP contribution in [0.2, 0.25) is 0 Å². The molecule has 118 valence electrons. The van der Waals surface area contributed by atoms with Crippen LogP contribution in [-0.4, -0.2) is 17.1 Å². The molecule has 1 aromatic heterocycles. The lowest BCUT2D eigenvalue weighted by atomic mass is 10.2. The van der Waals surface area contributed by atoms with E-state index in [-0.39, 0.29) is 5.91 Å². The highest BCUT2D eigenvalue weighted by atomic mass is 16.5. The first-order valence-electron chi connectivity index (χ1n) is 7.38. The molecule has 3 aromatic rings. The number of aromatic nitrogens is 1. The van der Waals surface area contributed by atoms with Crippen LogP contribution in [0, 0.1) is 0 Å². The Morgan fingerprint density at radius 3 is 2.42 bits per heavy atom. The van der Waals surface area contributed by atoms with E-state index in [9.17, 15) is 4.79 Å². The second-order valence-electron chi connectivity index (χ2n) is 4.92. The van der Waals surface area contributed by atoms with Crippen molar-refractivity contribution in [3.05, 3.63) is 90.3 Å². The third-order valence-electron chi connectivity index (χ3n) is 3.16. The minimum atomic E-state index is -0.302. The summed E-state index contributed by atoms with van der Waals surface area (Å²) in [5.74, 6) is 1.21. The van der Waals surface area contributed by atoms with Crippen LogP contribution in [0.5, 0.6) is 11.5 Å². The average molecular weight is 317 g/mol. The Bertz CT molecular complexity index is 816. The Hall–Kier alpha value is -3.47. The fourth-order valence-corrected chi connectivity index (χ4v) is 1.97. The van der Waals surface area contributed by atoms with Gasteiger partial charge in [0.2, 0.25) is 0 Å². The third-order valence-corrected chi connectivity index (χ3v) is 3.16. The smallest absolute Gasteiger partial charge is 0.272 e. The number of rotatable bonds is 5. The zero-order chi connectivity index (χ0) is 16.6. The van der Waals surface area contributed by atoms with Crippen molar-refractivity contribution in [2.75, 3.05) is 0 Å². The van der Waals surface area contributed by atoms with E-state index < -0.39 is 0 Å². The van der Waals surface area contributed by atoms with E-state index in [1.807, 2.05) is 54.6 Å². The molecular formula is C19H15N3O2. The van der Waals surface area contributed by atoms with Crippen molar-refractivity contribution in [1.82, 2.24) is 10.4 Å². The molecule has 5 nitrogen and oxygen atoms in total. The second-order valence-corrected chi connectivity index (χ2v) is 4.92. The summed E-state index contributed by atoms with van der Waals surface area (Å²) < 4.78 is 5.71. The summed E-state index contributed by atoms with van der Waals surface area (Å²) in [5.41, 5.74) is 3.77. The predicted octanol–water partition coefficient (Wildman–Crippen LogP) is 3.64. The number of hydrogen-bond acceptors (Lipinski definition) is 4. The number of carbonyl (C=O) groups excluding carboxylic acids is 1. The topological polar surface area (TPSA) is 63.6 Å². The molecule has 0 radical (unpaired) electrons. The van der Waals surface area contributed by atoms with E-state index in [0.717, 1.165) is 17.1 Å². The molecule has 0 unspecified atom stereocenters. The molecule has 0 atom stereocenters. The Morgan fingerprint density at radius 1 is 0.958 bits per heavy atom. The molecule has 2 aromatic carbocycles. The lowest BCUT2D eigenvalue weighted by Crippen LogP contribution is -2.17. The summed E-state index contributed by atoms with van der Waals surface area (Å²) >= 11 is 0. The number of para-hydroxylation sites is 1. The fourth-order valence-electron chi connectivity index (χ4n) is 1.97. The van der Waals surface area contributed by atoms with Crippen LogP contribution >= 0.6 is 0 Å². The summed E-state index contributed by atoms with van der Waals surface area (Å²) in [6, 6.07) is 20.3. The van der Waals surface area contributed by atoms with Gasteiger partial charge in [-0.2, -0.15) is 5.10 Å². The normalized spacial score (nSPS) is 10.5. The van der Waals surface area contributed by atoms with Crippen LogP contribution in [0.15, 0.2) is 84.2 Å². The third kappa shape index (κ3) is 4.27. The molecule has 0 bridgehead atoms. The fraction of sp³-hybridized carbons (Fsp3) is 0. The Morgan fingerprint density at radius 2 is 1.71 bits per heavy atom. The second kappa shape index (κ2) is 7.69. The summed E-state index contributed by atoms with van der Waals surface area (Å²) in [6.45, 7) is 0. The van der Waals surface area contributed by atoms with Crippen LogP contribution in [0.25, 0.3) is 0 Å². The van der Waals surface area contributed by atoms with Crippen LogP contribution in [-0.2, 0) is 0 Å². The predicted molar refractivity (Wildman–Crippen MR) is 92.3 cm³/mol. The van der Waals surface area contributed by atoms with Gasteiger partial charge in [0.05, 0.1) is 11.8 Å². The SMILES string of the molecule is O=C(N/N=C/c1ccc(Oc2ccccc2)cc1)c1cccnc1. The first-order chi connectivity index (χ1) is 11.8. The zero-order valence-corrected chi connectivity index (χ0v) is 12.8. The van der Waals surface area contributed by atoms with Crippen LogP contribution in [0.3, 0.4) is 0 Å². The van der Waals surface area contributed by atoms with Gasteiger partial charge in [-0.05, 0) is 54.1 Å². The van der Waals surface area contributed by atoms with Crippen molar-refractivity contribution in [3.8, 4) is 11.5 Å². The molecular weight excluding hydrogens is 302 g/mol. The lowest BCUT2D eigenvalue weighted by Gasteiger charge is -2.05. The van der Waals surface area contributed by atoms with Crippen molar-refractivity contribution >= 4 is 12.1 Å². The number of carbonyl (C=O) groups is 1. The van der Waals surface area contributed by atoms with Gasteiger partial charge in [-0.1, -0.05) is 18.2 Å². The molecule has 0 fully saturated rings. The first kappa shape index (κ1) is 15.4. The number of pyridine rings is 1. The summed E-state index contributed by atoms with van der Waals surface area (Å²) in [5, 5.41) is 3.94. The molecule has 5 heteroatoms. The largest absolute Gasteiger partial charge is 0.457 e. The number of hydrogen-bond donors (Lipinski definition) is 1. The van der Waals surface area contributed by atoms with Gasteiger partial charge in [0.15, 0.2) is 0 Å². The molecule has 1 N–H and O–H groups in total. The number of hydrazone groups is 1. The number of nitrogens with zero attached hydrogens (tertiary/aromatic N) is 2. The highest BCUT2D eigenvalue weighted by molar-refractivity contribution is 5.94. The standard InChI is InChI=1S/C19H15N3O2/c23-19(16-5-4-12-20-14-16)22-21-13-15-8-10-18(11-9-15)24-17-6-2-1-3-7-17/h1-14H,(H,22,23)/b21-13+. The Labute approximate surface area is 139 Å². The van der Waals surface area contributed by atoms with E-state index >= 15 is 0 Å². The molecule has 0 saturated carbocycles. The van der Waals surface area contributed by atoms with Crippen LogP contribution in [0.4, 0.5) is 0 Å².